The van der Waals surface area contributed by atoms with Crippen molar-refractivity contribution in [3.05, 3.63) is 82.9 Å². The monoisotopic (exact) mass is 513 g/mol. The zero-order valence-electron chi connectivity index (χ0n) is 20.2. The quantitative estimate of drug-likeness (QED) is 0.491. The highest BCUT2D eigenvalue weighted by Crippen LogP contribution is 2.28. The third kappa shape index (κ3) is 7.01. The van der Waals surface area contributed by atoms with Crippen LogP contribution in [0.25, 0.3) is 0 Å². The molecular weight excluding hydrogens is 487 g/mol. The van der Waals surface area contributed by atoms with Crippen molar-refractivity contribution in [3.8, 4) is 11.8 Å². The smallest absolute Gasteiger partial charge is 0.444 e. The number of ether oxygens (including phenoxy) is 2. The summed E-state index contributed by atoms with van der Waals surface area (Å²) in [4.78, 5) is 24.1. The van der Waals surface area contributed by atoms with Gasteiger partial charge < -0.3 is 19.4 Å². The van der Waals surface area contributed by atoms with E-state index in [1.165, 1.54) is 18.2 Å². The van der Waals surface area contributed by atoms with Crippen molar-refractivity contribution in [1.29, 1.82) is 5.26 Å². The summed E-state index contributed by atoms with van der Waals surface area (Å²) in [7, 11) is 0. The van der Waals surface area contributed by atoms with Crippen molar-refractivity contribution in [2.75, 3.05) is 26.2 Å². The summed E-state index contributed by atoms with van der Waals surface area (Å²) < 4.78 is 47.3. The van der Waals surface area contributed by atoms with Gasteiger partial charge in [0.25, 0.3) is 0 Å². The molecule has 0 spiro atoms. The Balaban J connectivity index is 1.37. The number of rotatable bonds is 7. The Kier molecular flexibility index (Phi) is 7.98. The summed E-state index contributed by atoms with van der Waals surface area (Å²) in [6, 6.07) is 15.1. The van der Waals surface area contributed by atoms with E-state index >= 15 is 0 Å². The number of aromatic amines is 1. The third-order valence-corrected chi connectivity index (χ3v) is 6.16. The number of hydrogen-bond donors (Lipinski definition) is 1. The first-order valence-corrected chi connectivity index (χ1v) is 11.7. The van der Waals surface area contributed by atoms with Crippen molar-refractivity contribution in [1.82, 2.24) is 19.8 Å². The third-order valence-electron chi connectivity index (χ3n) is 6.16. The van der Waals surface area contributed by atoms with E-state index in [0.717, 1.165) is 17.1 Å². The van der Waals surface area contributed by atoms with E-state index in [2.05, 4.69) is 25.7 Å². The van der Waals surface area contributed by atoms with Gasteiger partial charge in [0.15, 0.2) is 0 Å². The minimum atomic E-state index is -4.84. The Morgan fingerprint density at radius 3 is 2.46 bits per heavy atom. The summed E-state index contributed by atoms with van der Waals surface area (Å²) in [5, 5.41) is 9.06. The van der Waals surface area contributed by atoms with Crippen molar-refractivity contribution in [2.45, 2.75) is 32.4 Å². The second-order valence-electron chi connectivity index (χ2n) is 8.69. The fourth-order valence-corrected chi connectivity index (χ4v) is 4.28. The molecule has 1 N–H and O–H groups in total. The predicted octanol–water partition coefficient (Wildman–Crippen LogP) is 4.73. The number of imidazole rings is 1. The van der Waals surface area contributed by atoms with E-state index in [1.807, 2.05) is 25.3 Å². The van der Waals surface area contributed by atoms with Crippen LogP contribution in [-0.4, -0.2) is 58.4 Å². The molecule has 37 heavy (non-hydrogen) atoms. The van der Waals surface area contributed by atoms with Crippen molar-refractivity contribution < 1.29 is 27.4 Å². The number of hydrogen-bond acceptors (Lipinski definition) is 6. The molecule has 1 aliphatic heterocycles. The molecule has 0 radical (unpaired) electrons. The minimum Gasteiger partial charge on any atom is -0.444 e. The molecule has 1 fully saturated rings. The fraction of sp³-hybridized carbons (Fsp3) is 0.346. The Hall–Kier alpha value is -4.04. The maximum Gasteiger partial charge on any atom is 0.573 e. The molecule has 11 heteroatoms. The van der Waals surface area contributed by atoms with Crippen LogP contribution in [0.1, 0.15) is 34.3 Å². The number of halogens is 3. The number of carbonyl (C=O) groups is 1. The van der Waals surface area contributed by atoms with Crippen molar-refractivity contribution in [3.63, 3.8) is 0 Å². The molecule has 0 saturated carbocycles. The minimum absolute atomic E-state index is 0.0151. The van der Waals surface area contributed by atoms with E-state index in [1.54, 1.807) is 23.1 Å². The number of nitrogens with zero attached hydrogens (tertiary/aromatic N) is 4. The first kappa shape index (κ1) is 26.0. The Morgan fingerprint density at radius 2 is 1.84 bits per heavy atom. The van der Waals surface area contributed by atoms with Gasteiger partial charge in [-0.05, 0) is 37.1 Å². The predicted molar refractivity (Wildman–Crippen MR) is 127 cm³/mol. The van der Waals surface area contributed by atoms with Crippen molar-refractivity contribution in [2.24, 2.45) is 0 Å². The second kappa shape index (κ2) is 11.3. The number of para-hydroxylation sites is 1. The van der Waals surface area contributed by atoms with Crippen LogP contribution in [0, 0.1) is 18.3 Å². The number of piperazine rings is 1. The lowest BCUT2D eigenvalue weighted by molar-refractivity contribution is -0.275. The number of nitrogens with one attached hydrogen (secondary N) is 1. The summed E-state index contributed by atoms with van der Waals surface area (Å²) in [5.74, 6) is 0.407. The Morgan fingerprint density at radius 1 is 1.14 bits per heavy atom. The first-order valence-electron chi connectivity index (χ1n) is 11.7. The maximum absolute atomic E-state index is 12.6. The summed E-state index contributed by atoms with van der Waals surface area (Å²) >= 11 is 0. The van der Waals surface area contributed by atoms with Crippen LogP contribution in [0.5, 0.6) is 5.75 Å². The molecular formula is C26H26F3N5O3. The average Bonchev–Trinajstić information content (AvgIpc) is 3.32. The molecule has 1 aliphatic rings. The van der Waals surface area contributed by atoms with Crippen LogP contribution < -0.4 is 4.74 Å². The standard InChI is InChI=1S/C26H26F3N5O3/c1-18-31-16-22(32-18)23(14-19-6-8-20(15-30)9-7-19)33-10-12-34(13-11-33)25(35)36-17-21-4-2-3-5-24(21)37-26(27,28)29/h2-9,16,23H,10-14,17H2,1H3,(H,31,32). The van der Waals surface area contributed by atoms with Crippen LogP contribution in [0.2, 0.25) is 0 Å². The zero-order valence-corrected chi connectivity index (χ0v) is 20.2. The topological polar surface area (TPSA) is 94.5 Å². The average molecular weight is 514 g/mol. The zero-order chi connectivity index (χ0) is 26.4. The van der Waals surface area contributed by atoms with Crippen LogP contribution in [-0.2, 0) is 17.8 Å². The van der Waals surface area contributed by atoms with Gasteiger partial charge in [0, 0.05) is 37.9 Å². The van der Waals surface area contributed by atoms with Gasteiger partial charge in [0.1, 0.15) is 18.2 Å². The molecule has 2 aromatic carbocycles. The van der Waals surface area contributed by atoms with Crippen LogP contribution in [0.3, 0.4) is 0 Å². The van der Waals surface area contributed by atoms with Gasteiger partial charge >= 0.3 is 12.5 Å². The van der Waals surface area contributed by atoms with Gasteiger partial charge in [0.2, 0.25) is 0 Å². The summed E-state index contributed by atoms with van der Waals surface area (Å²) in [6.45, 7) is 3.49. The summed E-state index contributed by atoms with van der Waals surface area (Å²) in [6.07, 6.45) is -2.93. The number of aromatic nitrogens is 2. The molecule has 1 unspecified atom stereocenters. The van der Waals surface area contributed by atoms with Gasteiger partial charge in [-0.15, -0.1) is 13.2 Å². The number of carbonyl (C=O) groups excluding carboxylic acids is 1. The highest BCUT2D eigenvalue weighted by Gasteiger charge is 2.32. The lowest BCUT2D eigenvalue weighted by Crippen LogP contribution is -2.50. The maximum atomic E-state index is 12.6. The van der Waals surface area contributed by atoms with Gasteiger partial charge in [-0.2, -0.15) is 5.26 Å². The summed E-state index contributed by atoms with van der Waals surface area (Å²) in [5.41, 5.74) is 2.75. The van der Waals surface area contributed by atoms with Crippen LogP contribution >= 0.6 is 0 Å². The number of benzene rings is 2. The van der Waals surface area contributed by atoms with Crippen molar-refractivity contribution >= 4 is 6.09 Å². The molecule has 1 saturated heterocycles. The molecule has 0 aliphatic carbocycles. The molecule has 2 heterocycles. The largest absolute Gasteiger partial charge is 0.573 e. The van der Waals surface area contributed by atoms with Gasteiger partial charge in [-0.25, -0.2) is 9.78 Å². The van der Waals surface area contributed by atoms with Gasteiger partial charge in [0.05, 0.1) is 23.4 Å². The molecule has 1 aromatic heterocycles. The van der Waals surface area contributed by atoms with Crippen LogP contribution in [0.15, 0.2) is 54.7 Å². The van der Waals surface area contributed by atoms with E-state index in [0.29, 0.717) is 38.2 Å². The molecule has 8 nitrogen and oxygen atoms in total. The second-order valence-corrected chi connectivity index (χ2v) is 8.69. The molecule has 1 amide bonds. The first-order chi connectivity index (χ1) is 17.7. The fourth-order valence-electron chi connectivity index (χ4n) is 4.28. The molecule has 3 aromatic rings. The number of nitriles is 1. The molecule has 194 valence electrons. The Bertz CT molecular complexity index is 1250. The SMILES string of the molecule is Cc1ncc(C(Cc2ccc(C#N)cc2)N2CCN(C(=O)OCc3ccccc3OC(F)(F)F)CC2)[nH]1. The van der Waals surface area contributed by atoms with Gasteiger partial charge in [-0.1, -0.05) is 30.3 Å². The molecule has 4 rings (SSSR count). The normalized spacial score (nSPS) is 15.2. The Labute approximate surface area is 212 Å². The van der Waals surface area contributed by atoms with Crippen LogP contribution in [0.4, 0.5) is 18.0 Å². The lowest BCUT2D eigenvalue weighted by atomic mass is 10.0. The molecule has 0 bridgehead atoms. The molecule has 1 atom stereocenters. The highest BCUT2D eigenvalue weighted by molar-refractivity contribution is 5.67. The number of H-pyrrole nitrogens is 1. The number of amides is 1. The lowest BCUT2D eigenvalue weighted by Gasteiger charge is -2.38. The van der Waals surface area contributed by atoms with E-state index in [9.17, 15) is 18.0 Å². The number of alkyl halides is 3. The van der Waals surface area contributed by atoms with E-state index < -0.39 is 18.2 Å². The highest BCUT2D eigenvalue weighted by atomic mass is 19.4. The van der Waals surface area contributed by atoms with Gasteiger partial charge in [-0.3, -0.25) is 4.90 Å². The van der Waals surface area contributed by atoms with E-state index in [-0.39, 0.29) is 18.2 Å². The van der Waals surface area contributed by atoms with E-state index in [4.69, 9.17) is 10.00 Å². The number of aryl methyl sites for hydroxylation is 1.